The zero-order valence-corrected chi connectivity index (χ0v) is 18.3. The molecule has 32 heavy (non-hydrogen) atoms. The first-order valence-electron chi connectivity index (χ1n) is 10.3. The number of halogens is 1. The summed E-state index contributed by atoms with van der Waals surface area (Å²) in [6, 6.07) is 0. The molecule has 0 unspecified atom stereocenters. The van der Waals surface area contributed by atoms with Crippen LogP contribution in [0, 0.1) is 11.7 Å². The van der Waals surface area contributed by atoms with Gasteiger partial charge in [-0.05, 0) is 12.5 Å². The van der Waals surface area contributed by atoms with Gasteiger partial charge in [-0.2, -0.15) is 15.1 Å². The molecule has 2 N–H and O–H groups in total. The number of aromatic amines is 1. The molecule has 3 aromatic rings. The van der Waals surface area contributed by atoms with Crippen molar-refractivity contribution in [2.24, 2.45) is 13.0 Å². The summed E-state index contributed by atoms with van der Waals surface area (Å²) in [5.41, 5.74) is 1.94. The van der Waals surface area contributed by atoms with Crippen molar-refractivity contribution in [2.75, 3.05) is 32.1 Å². The molecule has 1 aliphatic rings. The number of carbonyl (C=O) groups is 1. The lowest BCUT2D eigenvalue weighted by molar-refractivity contribution is -0.125. The van der Waals surface area contributed by atoms with Gasteiger partial charge in [0.2, 0.25) is 17.7 Å². The number of likely N-dealkylation sites (tertiary alicyclic amines) is 1. The lowest BCUT2D eigenvalue weighted by atomic mass is 10.1. The molecule has 0 aliphatic carbocycles. The van der Waals surface area contributed by atoms with Crippen molar-refractivity contribution in [1.82, 2.24) is 29.6 Å². The molecule has 1 fully saturated rings. The Kier molecular flexibility index (Phi) is 6.08. The lowest BCUT2D eigenvalue weighted by Crippen LogP contribution is -2.28. The van der Waals surface area contributed by atoms with E-state index in [4.69, 9.17) is 9.47 Å². The number of H-pyrrole nitrogens is 1. The molecule has 11 heteroatoms. The fourth-order valence-electron chi connectivity index (χ4n) is 3.91. The highest BCUT2D eigenvalue weighted by atomic mass is 19.1. The van der Waals surface area contributed by atoms with Gasteiger partial charge in [0.05, 0.1) is 24.1 Å². The number of nitrogens with one attached hydrogen (secondary N) is 2. The van der Waals surface area contributed by atoms with E-state index in [1.54, 1.807) is 16.7 Å². The Morgan fingerprint density at radius 2 is 2.25 bits per heavy atom. The van der Waals surface area contributed by atoms with Gasteiger partial charge in [0.25, 0.3) is 0 Å². The summed E-state index contributed by atoms with van der Waals surface area (Å²) in [5.74, 6) is -0.394. The van der Waals surface area contributed by atoms with Gasteiger partial charge in [0.1, 0.15) is 11.0 Å². The number of aryl methyl sites for hydroxylation is 2. The van der Waals surface area contributed by atoms with Crippen LogP contribution in [0.1, 0.15) is 12.6 Å². The van der Waals surface area contributed by atoms with Gasteiger partial charge in [-0.1, -0.05) is 13.5 Å². The number of amides is 1. The minimum Gasteiger partial charge on any atom is -0.477 e. The van der Waals surface area contributed by atoms with Crippen molar-refractivity contribution in [2.45, 2.75) is 19.4 Å². The molecule has 0 aromatic carbocycles. The molecule has 1 aliphatic heterocycles. The first-order chi connectivity index (χ1) is 15.4. The number of rotatable bonds is 8. The second-order valence-corrected chi connectivity index (χ2v) is 7.65. The maximum Gasteiger partial charge on any atom is 0.246 e. The summed E-state index contributed by atoms with van der Waals surface area (Å²) in [5, 5.41) is 7.71. The van der Waals surface area contributed by atoms with Gasteiger partial charge >= 0.3 is 0 Å². The molecule has 0 radical (unpaired) electrons. The van der Waals surface area contributed by atoms with Crippen molar-refractivity contribution in [3.8, 4) is 5.88 Å². The van der Waals surface area contributed by atoms with Crippen molar-refractivity contribution in [1.29, 1.82) is 0 Å². The van der Waals surface area contributed by atoms with Gasteiger partial charge in [0, 0.05) is 45.6 Å². The Bertz CT molecular complexity index is 1140. The number of fused-ring (bicyclic) bond motifs is 1. The van der Waals surface area contributed by atoms with Crippen LogP contribution >= 0.6 is 0 Å². The third-order valence-corrected chi connectivity index (χ3v) is 5.54. The van der Waals surface area contributed by atoms with Gasteiger partial charge < -0.3 is 24.7 Å². The maximum absolute atomic E-state index is 14.4. The van der Waals surface area contributed by atoms with Gasteiger partial charge in [-0.15, -0.1) is 0 Å². The summed E-state index contributed by atoms with van der Waals surface area (Å²) in [6.07, 6.45) is 4.85. The van der Waals surface area contributed by atoms with Crippen LogP contribution in [0.4, 0.5) is 16.0 Å². The van der Waals surface area contributed by atoms with E-state index in [0.717, 1.165) is 17.8 Å². The molecular formula is C21H26FN7O3. The highest BCUT2D eigenvalue weighted by Gasteiger charge is 2.35. The zero-order chi connectivity index (χ0) is 22.8. The quantitative estimate of drug-likeness (QED) is 0.514. The molecular weight excluding hydrogens is 417 g/mol. The van der Waals surface area contributed by atoms with E-state index in [0.29, 0.717) is 18.7 Å². The Balaban J connectivity index is 1.58. The number of anilines is 2. The molecule has 4 heterocycles. The standard InChI is InChI=1S/C21H26FN7O3/c1-5-14-15(9-28(3)27-14)24-21-25-19-18(13(22)7-23-19)20(26-21)32-11-12-8-29(17(30)6-2)10-16(12)31-4/h6-7,9,12,16H,2,5,8,10-11H2,1,3-4H3,(H2,23,24,25,26)/t12-,16+/m1/s1. The van der Waals surface area contributed by atoms with Crippen molar-refractivity contribution in [3.63, 3.8) is 0 Å². The van der Waals surface area contributed by atoms with Crippen LogP contribution < -0.4 is 10.1 Å². The number of methoxy groups -OCH3 is 1. The van der Waals surface area contributed by atoms with E-state index in [2.05, 4.69) is 31.9 Å². The molecule has 0 spiro atoms. The number of hydrogen-bond acceptors (Lipinski definition) is 7. The van der Waals surface area contributed by atoms with E-state index in [1.807, 2.05) is 20.2 Å². The Labute approximate surface area is 184 Å². The second-order valence-electron chi connectivity index (χ2n) is 7.65. The summed E-state index contributed by atoms with van der Waals surface area (Å²) in [7, 11) is 3.42. The largest absolute Gasteiger partial charge is 0.477 e. The van der Waals surface area contributed by atoms with Crippen LogP contribution in [0.3, 0.4) is 0 Å². The predicted octanol–water partition coefficient (Wildman–Crippen LogP) is 2.17. The number of ether oxygens (including phenoxy) is 2. The minimum atomic E-state index is -0.504. The van der Waals surface area contributed by atoms with Crippen LogP contribution in [0.25, 0.3) is 11.0 Å². The van der Waals surface area contributed by atoms with Crippen LogP contribution in [-0.4, -0.2) is 68.4 Å². The van der Waals surface area contributed by atoms with Crippen molar-refractivity contribution in [3.05, 3.63) is 36.6 Å². The van der Waals surface area contributed by atoms with E-state index in [1.165, 1.54) is 12.3 Å². The first kappa shape index (κ1) is 21.8. The van der Waals surface area contributed by atoms with E-state index in [-0.39, 0.29) is 41.8 Å². The molecule has 0 saturated carbocycles. The molecule has 1 saturated heterocycles. The zero-order valence-electron chi connectivity index (χ0n) is 18.3. The second kappa shape index (κ2) is 8.95. The Morgan fingerprint density at radius 3 is 2.97 bits per heavy atom. The maximum atomic E-state index is 14.4. The smallest absolute Gasteiger partial charge is 0.246 e. The van der Waals surface area contributed by atoms with Crippen LogP contribution in [-0.2, 0) is 23.0 Å². The SMILES string of the molecule is C=CC(=O)N1C[C@H](COc2nc(Nc3cn(C)nc3CC)nc3[nH]cc(F)c23)[C@@H](OC)C1. The van der Waals surface area contributed by atoms with Gasteiger partial charge in [0.15, 0.2) is 5.82 Å². The van der Waals surface area contributed by atoms with Crippen molar-refractivity contribution < 1.29 is 18.7 Å². The number of carbonyl (C=O) groups excluding carboxylic acids is 1. The number of nitrogens with zero attached hydrogens (tertiary/aromatic N) is 5. The molecule has 2 atom stereocenters. The number of hydrogen-bond donors (Lipinski definition) is 2. The molecule has 0 bridgehead atoms. The average molecular weight is 443 g/mol. The molecule has 4 rings (SSSR count). The van der Waals surface area contributed by atoms with Gasteiger partial charge in [-0.3, -0.25) is 9.48 Å². The van der Waals surface area contributed by atoms with E-state index in [9.17, 15) is 9.18 Å². The number of aromatic nitrogens is 5. The topological polar surface area (TPSA) is 110 Å². The predicted molar refractivity (Wildman–Crippen MR) is 116 cm³/mol. The van der Waals surface area contributed by atoms with Crippen LogP contribution in [0.5, 0.6) is 5.88 Å². The van der Waals surface area contributed by atoms with Gasteiger partial charge in [-0.25, -0.2) is 4.39 Å². The highest BCUT2D eigenvalue weighted by Crippen LogP contribution is 2.29. The van der Waals surface area contributed by atoms with Crippen LogP contribution in [0.2, 0.25) is 0 Å². The molecule has 3 aromatic heterocycles. The first-order valence-corrected chi connectivity index (χ1v) is 10.3. The fraction of sp³-hybridized carbons (Fsp3) is 0.429. The van der Waals surface area contributed by atoms with E-state index < -0.39 is 5.82 Å². The highest BCUT2D eigenvalue weighted by molar-refractivity contribution is 5.87. The molecule has 170 valence electrons. The monoisotopic (exact) mass is 443 g/mol. The lowest BCUT2D eigenvalue weighted by Gasteiger charge is -2.17. The normalized spacial score (nSPS) is 18.3. The molecule has 10 nitrogen and oxygen atoms in total. The van der Waals surface area contributed by atoms with Crippen molar-refractivity contribution >= 4 is 28.6 Å². The van der Waals surface area contributed by atoms with E-state index >= 15 is 0 Å². The molecule has 1 amide bonds. The average Bonchev–Trinajstić information content (AvgIpc) is 3.48. The summed E-state index contributed by atoms with van der Waals surface area (Å²) in [6.45, 7) is 6.63. The third-order valence-electron chi connectivity index (χ3n) is 5.54. The Hall–Kier alpha value is -3.47. The summed E-state index contributed by atoms with van der Waals surface area (Å²) >= 11 is 0. The Morgan fingerprint density at radius 1 is 1.44 bits per heavy atom. The fourth-order valence-corrected chi connectivity index (χ4v) is 3.91. The minimum absolute atomic E-state index is 0.0997. The summed E-state index contributed by atoms with van der Waals surface area (Å²) < 4.78 is 27.6. The third kappa shape index (κ3) is 4.15. The van der Waals surface area contributed by atoms with Crippen LogP contribution in [0.15, 0.2) is 25.0 Å². The summed E-state index contributed by atoms with van der Waals surface area (Å²) in [4.78, 5) is 25.2.